The summed E-state index contributed by atoms with van der Waals surface area (Å²) < 4.78 is 4.73. The van der Waals surface area contributed by atoms with Crippen molar-refractivity contribution in [1.29, 1.82) is 5.41 Å². The second-order valence-electron chi connectivity index (χ2n) is 3.69. The van der Waals surface area contributed by atoms with Gasteiger partial charge in [-0.15, -0.1) is 0 Å². The molecule has 0 heterocycles. The molecule has 0 bridgehead atoms. The van der Waals surface area contributed by atoms with Gasteiger partial charge >= 0.3 is 0 Å². The highest BCUT2D eigenvalue weighted by Gasteiger charge is 2.10. The van der Waals surface area contributed by atoms with Crippen LogP contribution in [0, 0.1) is 10.8 Å². The van der Waals surface area contributed by atoms with Crippen molar-refractivity contribution in [2.75, 3.05) is 7.11 Å². The van der Waals surface area contributed by atoms with Crippen molar-refractivity contribution in [3.05, 3.63) is 0 Å². The number of hydrogen-bond acceptors (Lipinski definition) is 2. The smallest absolute Gasteiger partial charge is 0.180 e. The van der Waals surface area contributed by atoms with Crippen molar-refractivity contribution < 1.29 is 4.74 Å². The molecule has 2 nitrogen and oxygen atoms in total. The lowest BCUT2D eigenvalue weighted by Crippen LogP contribution is -2.09. The fraction of sp³-hybridized carbons (Fsp3) is 0.875. The van der Waals surface area contributed by atoms with E-state index in [9.17, 15) is 0 Å². The fourth-order valence-corrected chi connectivity index (χ4v) is 0.591. The maximum Gasteiger partial charge on any atom is 0.180 e. The van der Waals surface area contributed by atoms with E-state index in [-0.39, 0.29) is 0 Å². The second-order valence-corrected chi connectivity index (χ2v) is 3.69. The molecule has 0 fully saturated rings. The molecule has 0 spiro atoms. The lowest BCUT2D eigenvalue weighted by Gasteiger charge is -2.17. The van der Waals surface area contributed by atoms with Crippen LogP contribution >= 0.6 is 0 Å². The topological polar surface area (TPSA) is 33.1 Å². The molecule has 0 saturated carbocycles. The van der Waals surface area contributed by atoms with Crippen LogP contribution in [0.5, 0.6) is 0 Å². The molecule has 0 aromatic heterocycles. The maximum atomic E-state index is 7.20. The Bertz CT molecular complexity index is 113. The number of rotatable bonds is 2. The van der Waals surface area contributed by atoms with Crippen LogP contribution < -0.4 is 0 Å². The van der Waals surface area contributed by atoms with Crippen LogP contribution in [0.3, 0.4) is 0 Å². The molecule has 0 aromatic rings. The Morgan fingerprint density at radius 2 is 1.90 bits per heavy atom. The van der Waals surface area contributed by atoms with Crippen LogP contribution in [-0.2, 0) is 4.74 Å². The van der Waals surface area contributed by atoms with Crippen LogP contribution in [0.1, 0.15) is 33.6 Å². The summed E-state index contributed by atoms with van der Waals surface area (Å²) in [5, 5.41) is 7.20. The van der Waals surface area contributed by atoms with Gasteiger partial charge in [0.1, 0.15) is 0 Å². The zero-order valence-electron chi connectivity index (χ0n) is 7.32. The molecule has 0 radical (unpaired) electrons. The van der Waals surface area contributed by atoms with Crippen molar-refractivity contribution in [1.82, 2.24) is 0 Å². The summed E-state index contributed by atoms with van der Waals surface area (Å²) in [7, 11) is 1.55. The molecule has 0 rings (SSSR count). The molecule has 0 unspecified atom stereocenters. The largest absolute Gasteiger partial charge is 0.484 e. The molecule has 0 aliphatic heterocycles. The van der Waals surface area contributed by atoms with Gasteiger partial charge in [-0.25, -0.2) is 0 Å². The van der Waals surface area contributed by atoms with Gasteiger partial charge in [0.15, 0.2) is 5.90 Å². The SMILES string of the molecule is COC(=N)CCC(C)(C)C. The second kappa shape index (κ2) is 3.59. The van der Waals surface area contributed by atoms with E-state index in [4.69, 9.17) is 10.1 Å². The number of methoxy groups -OCH3 is 1. The first-order chi connectivity index (χ1) is 4.45. The van der Waals surface area contributed by atoms with Gasteiger partial charge in [0.05, 0.1) is 7.11 Å². The highest BCUT2D eigenvalue weighted by atomic mass is 16.5. The van der Waals surface area contributed by atoms with Crippen molar-refractivity contribution in [2.24, 2.45) is 5.41 Å². The van der Waals surface area contributed by atoms with E-state index < -0.39 is 0 Å². The maximum absolute atomic E-state index is 7.20. The van der Waals surface area contributed by atoms with Gasteiger partial charge in [0.25, 0.3) is 0 Å². The zero-order chi connectivity index (χ0) is 8.20. The lowest BCUT2D eigenvalue weighted by atomic mass is 9.91. The Labute approximate surface area is 63.1 Å². The lowest BCUT2D eigenvalue weighted by molar-refractivity contribution is 0.344. The molecular formula is C8H17NO. The summed E-state index contributed by atoms with van der Waals surface area (Å²) >= 11 is 0. The summed E-state index contributed by atoms with van der Waals surface area (Å²) in [5.74, 6) is 0.384. The molecule has 2 heteroatoms. The average molecular weight is 143 g/mol. The number of nitrogens with one attached hydrogen (secondary N) is 1. The monoisotopic (exact) mass is 143 g/mol. The van der Waals surface area contributed by atoms with E-state index in [1.165, 1.54) is 0 Å². The van der Waals surface area contributed by atoms with E-state index in [1.54, 1.807) is 7.11 Å². The zero-order valence-corrected chi connectivity index (χ0v) is 7.32. The normalized spacial score (nSPS) is 11.2. The molecule has 0 amide bonds. The van der Waals surface area contributed by atoms with E-state index in [2.05, 4.69) is 20.8 Å². The molecule has 0 aliphatic carbocycles. The van der Waals surface area contributed by atoms with E-state index in [0.29, 0.717) is 11.3 Å². The summed E-state index contributed by atoms with van der Waals surface area (Å²) in [6.07, 6.45) is 1.76. The van der Waals surface area contributed by atoms with E-state index in [0.717, 1.165) is 12.8 Å². The molecule has 0 aliphatic rings. The van der Waals surface area contributed by atoms with E-state index >= 15 is 0 Å². The third kappa shape index (κ3) is 5.60. The number of ether oxygens (including phenoxy) is 1. The standard InChI is InChI=1S/C8H17NO/c1-8(2,3)6-5-7(9)10-4/h9H,5-6H2,1-4H3. The van der Waals surface area contributed by atoms with Crippen LogP contribution in [0.25, 0.3) is 0 Å². The molecule has 0 saturated heterocycles. The van der Waals surface area contributed by atoms with Crippen molar-refractivity contribution in [3.8, 4) is 0 Å². The van der Waals surface area contributed by atoms with E-state index in [1.807, 2.05) is 0 Å². The van der Waals surface area contributed by atoms with Crippen LogP contribution in [0.4, 0.5) is 0 Å². The van der Waals surface area contributed by atoms with Crippen LogP contribution in [0.15, 0.2) is 0 Å². The Kier molecular flexibility index (Phi) is 3.40. The first-order valence-electron chi connectivity index (χ1n) is 3.57. The molecular weight excluding hydrogens is 126 g/mol. The minimum atomic E-state index is 0.310. The van der Waals surface area contributed by atoms with Crippen LogP contribution in [-0.4, -0.2) is 13.0 Å². The minimum absolute atomic E-state index is 0.310. The molecule has 10 heavy (non-hydrogen) atoms. The Morgan fingerprint density at radius 1 is 1.40 bits per heavy atom. The molecule has 60 valence electrons. The van der Waals surface area contributed by atoms with Gasteiger partial charge in [-0.1, -0.05) is 20.8 Å². The number of hydrogen-bond donors (Lipinski definition) is 1. The Balaban J connectivity index is 3.46. The first-order valence-corrected chi connectivity index (χ1v) is 3.57. The highest BCUT2D eigenvalue weighted by Crippen LogP contribution is 2.20. The van der Waals surface area contributed by atoms with Gasteiger partial charge in [-0.3, -0.25) is 5.41 Å². The minimum Gasteiger partial charge on any atom is -0.484 e. The van der Waals surface area contributed by atoms with Crippen molar-refractivity contribution in [3.63, 3.8) is 0 Å². The quantitative estimate of drug-likeness (QED) is 0.467. The predicted molar refractivity (Wildman–Crippen MR) is 43.4 cm³/mol. The fourth-order valence-electron chi connectivity index (χ4n) is 0.591. The van der Waals surface area contributed by atoms with Gasteiger partial charge in [-0.2, -0.15) is 0 Å². The van der Waals surface area contributed by atoms with Crippen molar-refractivity contribution in [2.45, 2.75) is 33.6 Å². The third-order valence-electron chi connectivity index (χ3n) is 1.35. The summed E-state index contributed by atoms with van der Waals surface area (Å²) in [6.45, 7) is 6.49. The average Bonchev–Trinajstić information content (AvgIpc) is 1.81. The highest BCUT2D eigenvalue weighted by molar-refractivity contribution is 5.72. The Hall–Kier alpha value is -0.530. The van der Waals surface area contributed by atoms with Gasteiger partial charge < -0.3 is 4.74 Å². The van der Waals surface area contributed by atoms with Crippen molar-refractivity contribution >= 4 is 5.90 Å². The molecule has 0 atom stereocenters. The third-order valence-corrected chi connectivity index (χ3v) is 1.35. The Morgan fingerprint density at radius 3 is 2.20 bits per heavy atom. The molecule has 1 N–H and O–H groups in total. The predicted octanol–water partition coefficient (Wildman–Crippen LogP) is 2.44. The summed E-state index contributed by atoms with van der Waals surface area (Å²) in [4.78, 5) is 0. The summed E-state index contributed by atoms with van der Waals surface area (Å²) in [5.41, 5.74) is 0.310. The van der Waals surface area contributed by atoms with Gasteiger partial charge in [0, 0.05) is 6.42 Å². The van der Waals surface area contributed by atoms with Crippen LogP contribution in [0.2, 0.25) is 0 Å². The van der Waals surface area contributed by atoms with Gasteiger partial charge in [0.2, 0.25) is 0 Å². The summed E-state index contributed by atoms with van der Waals surface area (Å²) in [6, 6.07) is 0. The van der Waals surface area contributed by atoms with Gasteiger partial charge in [-0.05, 0) is 11.8 Å². The molecule has 0 aromatic carbocycles. The first kappa shape index (κ1) is 9.47.